The normalized spacial score (nSPS) is 13.1. The molecule has 3 nitrogen and oxygen atoms in total. The third-order valence-corrected chi connectivity index (χ3v) is 2.84. The molecule has 14 heavy (non-hydrogen) atoms. The fourth-order valence-electron chi connectivity index (χ4n) is 1.06. The first-order valence-corrected chi connectivity index (χ1v) is 5.44. The summed E-state index contributed by atoms with van der Waals surface area (Å²) in [6, 6.07) is 0. The SMILES string of the molecule is Cc1ncc(-c2cnc(C(C)Cl)o2)s1. The Labute approximate surface area is 90.8 Å². The van der Waals surface area contributed by atoms with Crippen molar-refractivity contribution in [3.8, 4) is 10.6 Å². The molecule has 0 saturated carbocycles. The van der Waals surface area contributed by atoms with Crippen molar-refractivity contribution in [2.75, 3.05) is 0 Å². The van der Waals surface area contributed by atoms with Gasteiger partial charge in [0.05, 0.1) is 16.1 Å². The molecule has 0 aliphatic carbocycles. The average molecular weight is 229 g/mol. The summed E-state index contributed by atoms with van der Waals surface area (Å²) in [5.74, 6) is 1.28. The molecule has 2 rings (SSSR count). The van der Waals surface area contributed by atoms with E-state index in [1.807, 2.05) is 13.8 Å². The van der Waals surface area contributed by atoms with Crippen molar-refractivity contribution >= 4 is 22.9 Å². The van der Waals surface area contributed by atoms with Crippen molar-refractivity contribution < 1.29 is 4.42 Å². The molecule has 2 aromatic rings. The molecule has 0 bridgehead atoms. The van der Waals surface area contributed by atoms with E-state index in [4.69, 9.17) is 16.0 Å². The fourth-order valence-corrected chi connectivity index (χ4v) is 1.89. The molecular weight excluding hydrogens is 220 g/mol. The van der Waals surface area contributed by atoms with Gasteiger partial charge >= 0.3 is 0 Å². The number of aryl methyl sites for hydroxylation is 1. The van der Waals surface area contributed by atoms with Gasteiger partial charge in [0.25, 0.3) is 0 Å². The molecule has 0 spiro atoms. The van der Waals surface area contributed by atoms with Crippen LogP contribution in [0.3, 0.4) is 0 Å². The van der Waals surface area contributed by atoms with Crippen molar-refractivity contribution in [3.63, 3.8) is 0 Å². The summed E-state index contributed by atoms with van der Waals surface area (Å²) in [4.78, 5) is 9.21. The van der Waals surface area contributed by atoms with Crippen molar-refractivity contribution in [1.82, 2.24) is 9.97 Å². The van der Waals surface area contributed by atoms with E-state index in [0.717, 1.165) is 15.6 Å². The number of hydrogen-bond donors (Lipinski definition) is 0. The molecule has 0 saturated heterocycles. The van der Waals surface area contributed by atoms with E-state index in [-0.39, 0.29) is 5.38 Å². The van der Waals surface area contributed by atoms with E-state index < -0.39 is 0 Å². The second kappa shape index (κ2) is 3.71. The molecular formula is C9H9ClN2OS. The van der Waals surface area contributed by atoms with Crippen molar-refractivity contribution in [2.45, 2.75) is 19.2 Å². The van der Waals surface area contributed by atoms with Gasteiger partial charge in [-0.05, 0) is 13.8 Å². The Morgan fingerprint density at radius 1 is 1.43 bits per heavy atom. The smallest absolute Gasteiger partial charge is 0.212 e. The first kappa shape index (κ1) is 9.68. The quantitative estimate of drug-likeness (QED) is 0.740. The maximum absolute atomic E-state index is 5.84. The van der Waals surface area contributed by atoms with Crippen LogP contribution < -0.4 is 0 Å². The summed E-state index contributed by atoms with van der Waals surface area (Å²) >= 11 is 7.42. The summed E-state index contributed by atoms with van der Waals surface area (Å²) in [7, 11) is 0. The number of oxazole rings is 1. The van der Waals surface area contributed by atoms with Gasteiger partial charge in [-0.1, -0.05) is 0 Å². The molecule has 1 atom stereocenters. The highest BCUT2D eigenvalue weighted by atomic mass is 35.5. The lowest BCUT2D eigenvalue weighted by Crippen LogP contribution is -1.80. The minimum atomic E-state index is -0.197. The van der Waals surface area contributed by atoms with Gasteiger partial charge in [-0.25, -0.2) is 9.97 Å². The third-order valence-electron chi connectivity index (χ3n) is 1.73. The van der Waals surface area contributed by atoms with Gasteiger partial charge in [0.1, 0.15) is 5.38 Å². The number of halogens is 1. The van der Waals surface area contributed by atoms with Crippen molar-refractivity contribution in [3.05, 3.63) is 23.3 Å². The van der Waals surface area contributed by atoms with Gasteiger partial charge in [-0.2, -0.15) is 0 Å². The van der Waals surface area contributed by atoms with Gasteiger partial charge in [-0.3, -0.25) is 0 Å². The Hall–Kier alpha value is -0.870. The van der Waals surface area contributed by atoms with Crippen LogP contribution in [0.25, 0.3) is 10.6 Å². The molecule has 0 aliphatic heterocycles. The Morgan fingerprint density at radius 2 is 2.21 bits per heavy atom. The van der Waals surface area contributed by atoms with E-state index >= 15 is 0 Å². The number of nitrogens with zero attached hydrogens (tertiary/aromatic N) is 2. The van der Waals surface area contributed by atoms with Crippen LogP contribution in [-0.2, 0) is 0 Å². The standard InChI is InChI=1S/C9H9ClN2OS/c1-5(10)9-12-3-7(13-9)8-4-11-6(2)14-8/h3-5H,1-2H3. The van der Waals surface area contributed by atoms with Crippen molar-refractivity contribution in [1.29, 1.82) is 0 Å². The predicted octanol–water partition coefficient (Wildman–Crippen LogP) is 3.41. The molecule has 0 aromatic carbocycles. The molecule has 0 amide bonds. The lowest BCUT2D eigenvalue weighted by atomic mass is 10.4. The monoisotopic (exact) mass is 228 g/mol. The van der Waals surface area contributed by atoms with Crippen LogP contribution >= 0.6 is 22.9 Å². The molecule has 0 radical (unpaired) electrons. The number of aromatic nitrogens is 2. The number of thiazole rings is 1. The topological polar surface area (TPSA) is 38.9 Å². The van der Waals surface area contributed by atoms with Crippen LogP contribution in [0.5, 0.6) is 0 Å². The summed E-state index contributed by atoms with van der Waals surface area (Å²) in [6.45, 7) is 3.78. The van der Waals surface area contributed by atoms with Crippen LogP contribution in [-0.4, -0.2) is 9.97 Å². The highest BCUT2D eigenvalue weighted by molar-refractivity contribution is 7.14. The van der Waals surface area contributed by atoms with E-state index in [9.17, 15) is 0 Å². The van der Waals surface area contributed by atoms with Gasteiger partial charge in [0.15, 0.2) is 5.76 Å². The van der Waals surface area contributed by atoms with Crippen molar-refractivity contribution in [2.24, 2.45) is 0 Å². The average Bonchev–Trinajstić information content (AvgIpc) is 2.70. The van der Waals surface area contributed by atoms with Gasteiger partial charge in [0.2, 0.25) is 5.89 Å². The lowest BCUT2D eigenvalue weighted by molar-refractivity contribution is 0.509. The minimum Gasteiger partial charge on any atom is -0.438 e. The second-order valence-corrected chi connectivity index (χ2v) is 4.81. The van der Waals surface area contributed by atoms with Crippen LogP contribution in [0.2, 0.25) is 0 Å². The van der Waals surface area contributed by atoms with E-state index in [1.54, 1.807) is 23.7 Å². The number of alkyl halides is 1. The molecule has 2 aromatic heterocycles. The van der Waals surface area contributed by atoms with E-state index in [2.05, 4.69) is 9.97 Å². The number of hydrogen-bond acceptors (Lipinski definition) is 4. The zero-order chi connectivity index (χ0) is 10.1. The molecule has 0 aliphatic rings. The lowest BCUT2D eigenvalue weighted by Gasteiger charge is -1.93. The summed E-state index contributed by atoms with van der Waals surface area (Å²) in [6.07, 6.45) is 3.46. The molecule has 5 heteroatoms. The highest BCUT2D eigenvalue weighted by Gasteiger charge is 2.12. The zero-order valence-electron chi connectivity index (χ0n) is 7.82. The molecule has 1 unspecified atom stereocenters. The summed E-state index contributed by atoms with van der Waals surface area (Å²) < 4.78 is 5.47. The zero-order valence-corrected chi connectivity index (χ0v) is 9.39. The van der Waals surface area contributed by atoms with E-state index in [0.29, 0.717) is 5.89 Å². The molecule has 0 N–H and O–H groups in total. The number of rotatable bonds is 2. The highest BCUT2D eigenvalue weighted by Crippen LogP contribution is 2.29. The van der Waals surface area contributed by atoms with Gasteiger partial charge in [-0.15, -0.1) is 22.9 Å². The van der Waals surface area contributed by atoms with Crippen LogP contribution in [0.15, 0.2) is 16.8 Å². The molecule has 0 fully saturated rings. The van der Waals surface area contributed by atoms with E-state index in [1.165, 1.54) is 0 Å². The fraction of sp³-hybridized carbons (Fsp3) is 0.333. The molecule has 74 valence electrons. The third kappa shape index (κ3) is 1.81. The van der Waals surface area contributed by atoms with Crippen LogP contribution in [0.4, 0.5) is 0 Å². The maximum atomic E-state index is 5.84. The first-order chi connectivity index (χ1) is 6.66. The summed E-state index contributed by atoms with van der Waals surface area (Å²) in [5.41, 5.74) is 0. The minimum absolute atomic E-state index is 0.197. The summed E-state index contributed by atoms with van der Waals surface area (Å²) in [5, 5.41) is 0.814. The van der Waals surface area contributed by atoms with Crippen LogP contribution in [0.1, 0.15) is 23.2 Å². The second-order valence-electron chi connectivity index (χ2n) is 2.92. The predicted molar refractivity (Wildman–Crippen MR) is 56.6 cm³/mol. The Kier molecular flexibility index (Phi) is 2.56. The first-order valence-electron chi connectivity index (χ1n) is 4.19. The Balaban J connectivity index is 2.33. The molecule has 2 heterocycles. The van der Waals surface area contributed by atoms with Gasteiger partial charge in [0, 0.05) is 6.20 Å². The Bertz CT molecular complexity index is 435. The maximum Gasteiger partial charge on any atom is 0.212 e. The van der Waals surface area contributed by atoms with Crippen LogP contribution in [0, 0.1) is 6.92 Å². The largest absolute Gasteiger partial charge is 0.438 e. The van der Waals surface area contributed by atoms with Gasteiger partial charge < -0.3 is 4.42 Å². The Morgan fingerprint density at radius 3 is 2.71 bits per heavy atom.